The second-order valence-corrected chi connectivity index (χ2v) is 7.40. The van der Waals surface area contributed by atoms with Crippen LogP contribution in [0.1, 0.15) is 122 Å². The topological polar surface area (TPSA) is 88.2 Å². The van der Waals surface area contributed by atoms with Crippen molar-refractivity contribution < 1.29 is 9.63 Å². The summed E-state index contributed by atoms with van der Waals surface area (Å²) in [5.41, 5.74) is 7.09. The summed E-state index contributed by atoms with van der Waals surface area (Å²) in [7, 11) is 0. The van der Waals surface area contributed by atoms with Crippen molar-refractivity contribution in [1.29, 1.82) is 5.41 Å². The molecule has 0 aliphatic carbocycles. The zero-order valence-corrected chi connectivity index (χ0v) is 17.1. The quantitative estimate of drug-likeness (QED) is 0.120. The predicted octanol–water partition coefficient (Wildman–Crippen LogP) is 5.97. The van der Waals surface area contributed by atoms with Gasteiger partial charge in [0, 0.05) is 6.42 Å². The second-order valence-electron chi connectivity index (χ2n) is 7.40. The van der Waals surface area contributed by atoms with Crippen molar-refractivity contribution in [3.8, 4) is 0 Å². The Bertz CT molecular complexity index is 335. The first kappa shape index (κ1) is 24.7. The summed E-state index contributed by atoms with van der Waals surface area (Å²) in [6, 6.07) is 0. The van der Waals surface area contributed by atoms with Gasteiger partial charge in [-0.05, 0) is 6.42 Å². The molecule has 0 saturated carbocycles. The lowest BCUT2D eigenvalue weighted by Gasteiger charge is -2.05. The highest BCUT2D eigenvalue weighted by molar-refractivity contribution is 5.76. The Morgan fingerprint density at radius 1 is 0.731 bits per heavy atom. The number of nitrogens with two attached hydrogens (primary N) is 1. The highest BCUT2D eigenvalue weighted by atomic mass is 16.7. The molecule has 0 atom stereocenters. The average Bonchev–Trinajstić information content (AvgIpc) is 2.62. The van der Waals surface area contributed by atoms with Gasteiger partial charge in [-0.3, -0.25) is 5.41 Å². The van der Waals surface area contributed by atoms with Crippen molar-refractivity contribution in [2.24, 2.45) is 5.73 Å². The standard InChI is InChI=1S/C21H43N3O2/c1-2-3-4-5-6-7-8-9-10-11-12-13-14-15-16-17-18-19-20(25)26-24-21(22)23/h2-19H2,1H3,(H4,22,23,24). The van der Waals surface area contributed by atoms with E-state index >= 15 is 0 Å². The third kappa shape index (κ3) is 20.8. The Morgan fingerprint density at radius 2 is 1.08 bits per heavy atom. The number of hydrogen-bond acceptors (Lipinski definition) is 3. The summed E-state index contributed by atoms with van der Waals surface area (Å²) in [4.78, 5) is 15.9. The van der Waals surface area contributed by atoms with Crippen LogP contribution in [0, 0.1) is 5.41 Å². The molecule has 4 N–H and O–H groups in total. The molecule has 0 radical (unpaired) electrons. The van der Waals surface area contributed by atoms with Crippen molar-refractivity contribution in [2.45, 2.75) is 122 Å². The predicted molar refractivity (Wildman–Crippen MR) is 110 cm³/mol. The smallest absolute Gasteiger partial charge is 0.332 e. The molecule has 0 saturated heterocycles. The van der Waals surface area contributed by atoms with Crippen LogP contribution in [-0.2, 0) is 9.63 Å². The minimum atomic E-state index is -0.347. The summed E-state index contributed by atoms with van der Waals surface area (Å²) >= 11 is 0. The summed E-state index contributed by atoms with van der Waals surface area (Å²) in [5.74, 6) is -0.693. The SMILES string of the molecule is CCCCCCCCCCCCCCCCCCCC(=O)ONC(=N)N. The summed E-state index contributed by atoms with van der Waals surface area (Å²) in [5, 5.41) is 6.88. The maximum absolute atomic E-state index is 11.3. The number of unbranched alkanes of at least 4 members (excludes halogenated alkanes) is 16. The highest BCUT2D eigenvalue weighted by Crippen LogP contribution is 2.14. The minimum Gasteiger partial charge on any atom is -0.368 e. The second kappa shape index (κ2) is 20.1. The number of rotatable bonds is 18. The van der Waals surface area contributed by atoms with Crippen LogP contribution in [0.2, 0.25) is 0 Å². The maximum atomic E-state index is 11.3. The van der Waals surface area contributed by atoms with Gasteiger partial charge in [-0.1, -0.05) is 110 Å². The third-order valence-corrected chi connectivity index (χ3v) is 4.76. The number of carbonyl (C=O) groups is 1. The lowest BCUT2D eigenvalue weighted by molar-refractivity contribution is -0.148. The normalized spacial score (nSPS) is 10.7. The van der Waals surface area contributed by atoms with E-state index in [1.807, 2.05) is 0 Å². The van der Waals surface area contributed by atoms with E-state index in [-0.39, 0.29) is 11.9 Å². The number of hydroxylamine groups is 1. The first-order valence-electron chi connectivity index (χ1n) is 11.0. The molecular weight excluding hydrogens is 326 g/mol. The van der Waals surface area contributed by atoms with E-state index in [0.717, 1.165) is 12.8 Å². The summed E-state index contributed by atoms with van der Waals surface area (Å²) in [6.45, 7) is 2.27. The van der Waals surface area contributed by atoms with E-state index in [1.165, 1.54) is 96.3 Å². The summed E-state index contributed by atoms with van der Waals surface area (Å²) in [6.07, 6.45) is 22.9. The monoisotopic (exact) mass is 369 g/mol. The lowest BCUT2D eigenvalue weighted by Crippen LogP contribution is -2.32. The van der Waals surface area contributed by atoms with Gasteiger partial charge in [0.2, 0.25) is 5.96 Å². The molecule has 0 spiro atoms. The summed E-state index contributed by atoms with van der Waals surface area (Å²) < 4.78 is 0. The van der Waals surface area contributed by atoms with Crippen LogP contribution in [-0.4, -0.2) is 11.9 Å². The van der Waals surface area contributed by atoms with Crippen molar-refractivity contribution in [1.82, 2.24) is 5.48 Å². The van der Waals surface area contributed by atoms with Gasteiger partial charge >= 0.3 is 5.97 Å². The molecule has 0 bridgehead atoms. The van der Waals surface area contributed by atoms with Gasteiger partial charge in [-0.25, -0.2) is 4.79 Å². The van der Waals surface area contributed by atoms with Crippen LogP contribution in [0.25, 0.3) is 0 Å². The molecule has 0 rings (SSSR count). The van der Waals surface area contributed by atoms with E-state index in [1.54, 1.807) is 0 Å². The average molecular weight is 370 g/mol. The fraction of sp³-hybridized carbons (Fsp3) is 0.905. The zero-order valence-electron chi connectivity index (χ0n) is 17.1. The molecule has 0 unspecified atom stereocenters. The van der Waals surface area contributed by atoms with Crippen molar-refractivity contribution >= 4 is 11.9 Å². The fourth-order valence-electron chi connectivity index (χ4n) is 3.16. The largest absolute Gasteiger partial charge is 0.368 e. The van der Waals surface area contributed by atoms with Gasteiger partial charge in [0.15, 0.2) is 0 Å². The zero-order chi connectivity index (χ0) is 19.3. The Balaban J connectivity index is 3.09. The number of nitrogens with one attached hydrogen (secondary N) is 2. The molecule has 0 amide bonds. The Morgan fingerprint density at radius 3 is 1.42 bits per heavy atom. The van der Waals surface area contributed by atoms with Crippen LogP contribution in [0.5, 0.6) is 0 Å². The van der Waals surface area contributed by atoms with Crippen LogP contribution in [0.4, 0.5) is 0 Å². The van der Waals surface area contributed by atoms with E-state index in [9.17, 15) is 4.79 Å². The van der Waals surface area contributed by atoms with E-state index < -0.39 is 0 Å². The number of carbonyl (C=O) groups excluding carboxylic acids is 1. The highest BCUT2D eigenvalue weighted by Gasteiger charge is 2.03. The van der Waals surface area contributed by atoms with Crippen LogP contribution < -0.4 is 11.2 Å². The molecule has 0 aromatic heterocycles. The van der Waals surface area contributed by atoms with Crippen molar-refractivity contribution in [3.63, 3.8) is 0 Å². The Kier molecular flexibility index (Phi) is 19.1. The molecular formula is C21H43N3O2. The number of guanidine groups is 1. The molecule has 0 aliphatic heterocycles. The molecule has 154 valence electrons. The Hall–Kier alpha value is -1.26. The molecule has 26 heavy (non-hydrogen) atoms. The van der Waals surface area contributed by atoms with Gasteiger partial charge in [0.1, 0.15) is 0 Å². The van der Waals surface area contributed by atoms with Gasteiger partial charge in [-0.15, -0.1) is 0 Å². The Labute approximate surface area is 161 Å². The molecule has 5 nitrogen and oxygen atoms in total. The van der Waals surface area contributed by atoms with Crippen LogP contribution in [0.3, 0.4) is 0 Å². The van der Waals surface area contributed by atoms with Crippen LogP contribution in [0.15, 0.2) is 0 Å². The van der Waals surface area contributed by atoms with Gasteiger partial charge in [-0.2, -0.15) is 5.48 Å². The lowest BCUT2D eigenvalue weighted by atomic mass is 10.0. The van der Waals surface area contributed by atoms with Gasteiger partial charge in [0.05, 0.1) is 0 Å². The fourth-order valence-corrected chi connectivity index (χ4v) is 3.16. The van der Waals surface area contributed by atoms with Crippen molar-refractivity contribution in [2.75, 3.05) is 0 Å². The molecule has 0 fully saturated rings. The van der Waals surface area contributed by atoms with E-state index in [4.69, 9.17) is 11.1 Å². The number of hydrogen-bond donors (Lipinski definition) is 3. The molecule has 0 aromatic rings. The molecule has 0 heterocycles. The van der Waals surface area contributed by atoms with E-state index in [2.05, 4.69) is 17.2 Å². The third-order valence-electron chi connectivity index (χ3n) is 4.76. The minimum absolute atomic E-state index is 0.346. The first-order chi connectivity index (χ1) is 12.7. The molecule has 0 aromatic carbocycles. The maximum Gasteiger partial charge on any atom is 0.332 e. The van der Waals surface area contributed by atoms with E-state index in [0.29, 0.717) is 6.42 Å². The van der Waals surface area contributed by atoms with Crippen molar-refractivity contribution in [3.05, 3.63) is 0 Å². The van der Waals surface area contributed by atoms with Gasteiger partial charge < -0.3 is 10.6 Å². The first-order valence-corrected chi connectivity index (χ1v) is 11.0. The van der Waals surface area contributed by atoms with Crippen LogP contribution >= 0.6 is 0 Å². The molecule has 0 aliphatic rings. The van der Waals surface area contributed by atoms with Gasteiger partial charge in [0.25, 0.3) is 0 Å². The molecule has 5 heteroatoms.